The Hall–Kier alpha value is 6.81. The van der Waals surface area contributed by atoms with Gasteiger partial charge in [-0.05, 0) is 0 Å². The Morgan fingerprint density at radius 2 is 0.161 bits per heavy atom. The standard InChI is InChI=1S/3H3N.H3O4P.36H2O.12W/c;;;1-5(2,3)4;;;;;;;;;;;;;;;;;;;;;;;;;;;;;;;;;;;;;;;;;;;;;;;;/h3*1H3;(H3,1,2,3,4);36*1H2;;;;;;;;;;;;. The van der Waals surface area contributed by atoms with E-state index in [1.54, 1.807) is 0 Å². The van der Waals surface area contributed by atoms with Gasteiger partial charge in [-0.3, -0.25) is 0 Å². The molecule has 0 aromatic rings. The van der Waals surface area contributed by atoms with Gasteiger partial charge in [0.15, 0.2) is 0 Å². The molecule has 0 bridgehead atoms. The summed E-state index contributed by atoms with van der Waals surface area (Å²) in [5.74, 6) is 0. The summed E-state index contributed by atoms with van der Waals surface area (Å²) in [6.07, 6.45) is 0. The van der Waals surface area contributed by atoms with Crippen LogP contribution in [0.1, 0.15) is 0 Å². The first-order valence-corrected chi connectivity index (χ1v) is 2.35. The maximum absolute atomic E-state index is 8.88. The van der Waals surface area contributed by atoms with Crippen LogP contribution >= 0.6 is 7.82 Å². The fourth-order valence-corrected chi connectivity index (χ4v) is 0. The molecule has 0 spiro atoms. The molecule has 0 atom stereocenters. The first kappa shape index (κ1) is 2050. The monoisotopic (exact) mass is 3000 g/mol. The molecule has 0 rings (SSSR count). The first-order valence-electron chi connectivity index (χ1n) is 0.783. The average molecular weight is 3000 g/mol. The van der Waals surface area contributed by atoms with Gasteiger partial charge in [-0.15, -0.1) is 0 Å². The molecule has 0 aromatic heterocycles. The summed E-state index contributed by atoms with van der Waals surface area (Å²) in [7, 11) is -4.64. The molecule has 0 saturated heterocycles. The van der Waals surface area contributed by atoms with Crippen molar-refractivity contribution in [1.82, 2.24) is 18.5 Å². The third-order valence-electron chi connectivity index (χ3n) is 0. The molecule has 0 fully saturated rings. The minimum absolute atomic E-state index is 0. The van der Waals surface area contributed by atoms with Crippen LogP contribution in [0.5, 0.6) is 0 Å². The van der Waals surface area contributed by atoms with Crippen molar-refractivity contribution in [2.75, 3.05) is 0 Å². The Morgan fingerprint density at radius 3 is 0.161 bits per heavy atom. The maximum Gasteiger partial charge on any atom is 0.466 e. The maximum atomic E-state index is 8.88. The number of phosphoric acid groups is 1. The van der Waals surface area contributed by atoms with Crippen molar-refractivity contribution in [3.05, 3.63) is 0 Å². The molecule has 0 aliphatic rings. The molecule has 0 aliphatic carbocycles. The van der Waals surface area contributed by atoms with Crippen LogP contribution in [0, 0.1) is 0 Å². The minimum atomic E-state index is -4.64. The van der Waals surface area contributed by atoms with Crippen LogP contribution in [0.2, 0.25) is 0 Å². The van der Waals surface area contributed by atoms with E-state index in [1.807, 2.05) is 0 Å². The normalized spacial score (nSPS) is 1.05. The van der Waals surface area contributed by atoms with Crippen LogP contribution in [0.4, 0.5) is 0 Å². The van der Waals surface area contributed by atoms with Crippen LogP contribution in [0.15, 0.2) is 0 Å². The van der Waals surface area contributed by atoms with E-state index in [4.69, 9.17) is 19.2 Å². The average Bonchev–Trinajstić information content (AvgIpc) is 0.722. The van der Waals surface area contributed by atoms with Gasteiger partial charge in [0.1, 0.15) is 0 Å². The van der Waals surface area contributed by atoms with Crippen molar-refractivity contribution < 1.29 is 469 Å². The number of hydrogen-bond donors (Lipinski definition) is 6. The Kier molecular flexibility index (Phi) is 51100. The van der Waals surface area contributed by atoms with E-state index in [0.29, 0.717) is 0 Å². The van der Waals surface area contributed by atoms with E-state index in [9.17, 15) is 0 Å². The van der Waals surface area contributed by atoms with Crippen molar-refractivity contribution in [1.29, 1.82) is 0 Å². The molecule has 43 nitrogen and oxygen atoms in total. The molecular formula is H84N3O40PW12. The van der Waals surface area contributed by atoms with Gasteiger partial charge in [0.2, 0.25) is 0 Å². The van der Waals surface area contributed by atoms with Gasteiger partial charge in [0, 0.05) is 253 Å². The van der Waals surface area contributed by atoms with E-state index >= 15 is 0 Å². The van der Waals surface area contributed by atoms with E-state index in [1.165, 1.54) is 0 Å². The summed E-state index contributed by atoms with van der Waals surface area (Å²) in [5, 5.41) is 0. The fourth-order valence-electron chi connectivity index (χ4n) is 0. The molecule has 56 heteroatoms. The fraction of sp³-hybridized carbons (Fsp3) is 0. The largest absolute Gasteiger partial charge is 0.466 e. The molecule has 0 heterocycles. The van der Waals surface area contributed by atoms with Crippen molar-refractivity contribution >= 4 is 7.82 Å². The molecule has 0 aliphatic heterocycles. The predicted molar refractivity (Wildman–Crippen MR) is 159 cm³/mol. The summed E-state index contributed by atoms with van der Waals surface area (Å²) >= 11 is 0. The van der Waals surface area contributed by atoms with E-state index in [0.717, 1.165) is 0 Å². The Bertz CT molecular complexity index is 111. The van der Waals surface area contributed by atoms with Gasteiger partial charge in [0.25, 0.3) is 0 Å². The molecule has 0 amide bonds. The molecule has 0 aromatic carbocycles. The third kappa shape index (κ3) is 4690. The van der Waals surface area contributed by atoms with Gasteiger partial charge in [-0.2, -0.15) is 0 Å². The summed E-state index contributed by atoms with van der Waals surface area (Å²) < 4.78 is 8.88. The van der Waals surface area contributed by atoms with Gasteiger partial charge < -0.3 is 230 Å². The van der Waals surface area contributed by atoms with Gasteiger partial charge in [-0.25, -0.2) is 4.57 Å². The molecule has 0 saturated carbocycles. The number of rotatable bonds is 0. The summed E-state index contributed by atoms with van der Waals surface area (Å²) in [6, 6.07) is 0. The minimum Gasteiger partial charge on any atom is -0.412 e. The molecular weight excluding hydrogens is 2920 g/mol. The second kappa shape index (κ2) is 1390. The number of hydrogen-bond acceptors (Lipinski definition) is 4. The summed E-state index contributed by atoms with van der Waals surface area (Å²) in [4.78, 5) is 21.6. The quantitative estimate of drug-likeness (QED) is 0.127. The zero-order valence-corrected chi connectivity index (χ0v) is 63.3. The van der Waals surface area contributed by atoms with Crippen LogP contribution in [-0.4, -0.2) is 212 Å². The van der Waals surface area contributed by atoms with Crippen LogP contribution < -0.4 is 18.5 Å². The van der Waals surface area contributed by atoms with Crippen LogP contribution in [0.25, 0.3) is 0 Å². The summed E-state index contributed by atoms with van der Waals surface area (Å²) in [6.45, 7) is 0. The topological polar surface area (TPSA) is 1320 Å². The molecule has 0 radical (unpaired) electrons. The molecule has 416 valence electrons. The van der Waals surface area contributed by atoms with E-state index in [2.05, 4.69) is 0 Å². The zero-order valence-electron chi connectivity index (χ0n) is 27.2. The second-order valence-electron chi connectivity index (χ2n) is 0.513. The molecule has 56 heavy (non-hydrogen) atoms. The Balaban J connectivity index is -0.0000000000627. The van der Waals surface area contributed by atoms with Gasteiger partial charge >= 0.3 is 7.82 Å². The molecule has 84 N–H and O–H groups in total. The second-order valence-corrected chi connectivity index (χ2v) is 1.54. The first-order chi connectivity index (χ1) is 2.00. The van der Waals surface area contributed by atoms with Crippen LogP contribution in [-0.2, 0) is 257 Å². The molecule has 0 unspecified atom stereocenters. The van der Waals surface area contributed by atoms with Crippen molar-refractivity contribution in [3.63, 3.8) is 0 Å². The predicted octanol–water partition coefficient (Wildman–Crippen LogP) is -30.2. The SMILES string of the molecule is N.N.N.O.O.O.O.O.O.O.O.O.O.O.O.O.O.O.O.O.O.O.O.O.O.O.O.O.O.O.O.O.O.O.O.O.O.O.O.O=P(O)(O)O.[W].[W].[W].[W].[W].[W].[W].[W].[W].[W].[W].[W]. The summed E-state index contributed by atoms with van der Waals surface area (Å²) in [5.41, 5.74) is 0. The van der Waals surface area contributed by atoms with Crippen molar-refractivity contribution in [2.24, 2.45) is 0 Å². The van der Waals surface area contributed by atoms with Crippen LogP contribution in [0.3, 0.4) is 0 Å². The van der Waals surface area contributed by atoms with Gasteiger partial charge in [-0.1, -0.05) is 0 Å². The third-order valence-corrected chi connectivity index (χ3v) is 0. The Morgan fingerprint density at radius 1 is 0.161 bits per heavy atom. The van der Waals surface area contributed by atoms with Crippen molar-refractivity contribution in [3.8, 4) is 0 Å². The zero-order chi connectivity index (χ0) is 4.50. The Labute approximate surface area is 489 Å². The van der Waals surface area contributed by atoms with Gasteiger partial charge in [0.05, 0.1) is 0 Å². The van der Waals surface area contributed by atoms with E-state index in [-0.39, 0.29) is 468 Å². The van der Waals surface area contributed by atoms with Crippen molar-refractivity contribution in [2.45, 2.75) is 0 Å². The van der Waals surface area contributed by atoms with E-state index < -0.39 is 7.82 Å². The smallest absolute Gasteiger partial charge is 0.412 e.